The molecule has 0 unspecified atom stereocenters. The number of nitrogens with one attached hydrogen (secondary N) is 1. The first-order valence-corrected chi connectivity index (χ1v) is 4.92. The van der Waals surface area contributed by atoms with Gasteiger partial charge < -0.3 is 10.1 Å². The van der Waals surface area contributed by atoms with Gasteiger partial charge in [-0.15, -0.1) is 0 Å². The van der Waals surface area contributed by atoms with E-state index in [-0.39, 0.29) is 0 Å². The second-order valence-corrected chi connectivity index (χ2v) is 3.37. The van der Waals surface area contributed by atoms with Crippen LogP contribution in [0.1, 0.15) is 5.56 Å². The zero-order valence-corrected chi connectivity index (χ0v) is 8.95. The van der Waals surface area contributed by atoms with Gasteiger partial charge in [0.2, 0.25) is 5.88 Å². The van der Waals surface area contributed by atoms with Gasteiger partial charge in [-0.25, -0.2) is 4.98 Å². The fraction of sp³-hybridized carbons (Fsp3) is 0.250. The molecule has 15 heavy (non-hydrogen) atoms. The molecule has 0 amide bonds. The van der Waals surface area contributed by atoms with Crippen molar-refractivity contribution in [3.05, 3.63) is 36.0 Å². The van der Waals surface area contributed by atoms with Crippen LogP contribution in [0.2, 0.25) is 0 Å². The maximum Gasteiger partial charge on any atom is 0.221 e. The summed E-state index contributed by atoms with van der Waals surface area (Å²) in [6.45, 7) is 0.817. The van der Waals surface area contributed by atoms with Crippen LogP contribution in [0.15, 0.2) is 30.5 Å². The van der Waals surface area contributed by atoms with Gasteiger partial charge >= 0.3 is 0 Å². The van der Waals surface area contributed by atoms with Gasteiger partial charge in [0.05, 0.1) is 7.11 Å². The van der Waals surface area contributed by atoms with Crippen LogP contribution >= 0.6 is 0 Å². The molecule has 1 heterocycles. The summed E-state index contributed by atoms with van der Waals surface area (Å²) >= 11 is 0. The van der Waals surface area contributed by atoms with E-state index in [0.717, 1.165) is 11.9 Å². The Morgan fingerprint density at radius 1 is 1.27 bits per heavy atom. The second kappa shape index (κ2) is 4.28. The van der Waals surface area contributed by atoms with Crippen LogP contribution in [0.5, 0.6) is 5.88 Å². The molecule has 0 radical (unpaired) electrons. The number of hydrogen-bond acceptors (Lipinski definition) is 3. The average molecular weight is 202 g/mol. The summed E-state index contributed by atoms with van der Waals surface area (Å²) in [6.07, 6.45) is 1.86. The molecule has 2 aromatic rings. The highest BCUT2D eigenvalue weighted by atomic mass is 16.5. The van der Waals surface area contributed by atoms with Crippen molar-refractivity contribution in [1.29, 1.82) is 0 Å². The standard InChI is InChI=1S/C12H14N2O/c1-13-7-9-8-14-12(15-2)11-6-4-3-5-10(9)11/h3-6,8,13H,7H2,1-2H3. The molecule has 0 saturated carbocycles. The van der Waals surface area contributed by atoms with Gasteiger partial charge in [0, 0.05) is 18.1 Å². The minimum Gasteiger partial charge on any atom is -0.481 e. The predicted molar refractivity (Wildman–Crippen MR) is 61.1 cm³/mol. The third-order valence-electron chi connectivity index (χ3n) is 2.40. The summed E-state index contributed by atoms with van der Waals surface area (Å²) in [5, 5.41) is 5.39. The van der Waals surface area contributed by atoms with Gasteiger partial charge in [-0.2, -0.15) is 0 Å². The molecule has 0 aliphatic heterocycles. The highest BCUT2D eigenvalue weighted by Gasteiger charge is 2.05. The zero-order chi connectivity index (χ0) is 10.7. The summed E-state index contributed by atoms with van der Waals surface area (Å²) in [7, 11) is 3.57. The first kappa shape index (κ1) is 9.93. The molecule has 1 aromatic carbocycles. The number of fused-ring (bicyclic) bond motifs is 1. The van der Waals surface area contributed by atoms with Crippen molar-refractivity contribution >= 4 is 10.8 Å². The molecule has 0 saturated heterocycles. The lowest BCUT2D eigenvalue weighted by Gasteiger charge is -2.08. The topological polar surface area (TPSA) is 34.2 Å². The van der Waals surface area contributed by atoms with E-state index in [1.54, 1.807) is 7.11 Å². The molecule has 3 heteroatoms. The Morgan fingerprint density at radius 2 is 2.00 bits per heavy atom. The van der Waals surface area contributed by atoms with Crippen LogP contribution in [0, 0.1) is 0 Å². The number of hydrogen-bond donors (Lipinski definition) is 1. The molecule has 1 aromatic heterocycles. The zero-order valence-electron chi connectivity index (χ0n) is 8.95. The molecule has 0 bridgehead atoms. The monoisotopic (exact) mass is 202 g/mol. The van der Waals surface area contributed by atoms with Crippen molar-refractivity contribution in [1.82, 2.24) is 10.3 Å². The molecule has 3 nitrogen and oxygen atoms in total. The van der Waals surface area contributed by atoms with Crippen LogP contribution in [0.4, 0.5) is 0 Å². The molecular weight excluding hydrogens is 188 g/mol. The average Bonchev–Trinajstić information content (AvgIpc) is 2.30. The Balaban J connectivity index is 2.66. The van der Waals surface area contributed by atoms with Gasteiger partial charge in [-0.1, -0.05) is 18.2 Å². The van der Waals surface area contributed by atoms with E-state index in [2.05, 4.69) is 16.4 Å². The highest BCUT2D eigenvalue weighted by molar-refractivity contribution is 5.89. The Bertz CT molecular complexity index is 468. The third-order valence-corrected chi connectivity index (χ3v) is 2.40. The van der Waals surface area contributed by atoms with Crippen molar-refractivity contribution in [2.24, 2.45) is 0 Å². The Hall–Kier alpha value is -1.61. The second-order valence-electron chi connectivity index (χ2n) is 3.37. The summed E-state index contributed by atoms with van der Waals surface area (Å²) in [6, 6.07) is 8.14. The fourth-order valence-corrected chi connectivity index (χ4v) is 1.72. The lowest BCUT2D eigenvalue weighted by Crippen LogP contribution is -2.06. The number of benzene rings is 1. The van der Waals surface area contributed by atoms with Crippen molar-refractivity contribution in [3.8, 4) is 5.88 Å². The number of ether oxygens (including phenoxy) is 1. The Kier molecular flexibility index (Phi) is 2.83. The molecule has 0 fully saturated rings. The first-order chi connectivity index (χ1) is 7.36. The number of pyridine rings is 1. The third kappa shape index (κ3) is 1.78. The smallest absolute Gasteiger partial charge is 0.221 e. The summed E-state index contributed by atoms with van der Waals surface area (Å²) < 4.78 is 5.23. The van der Waals surface area contributed by atoms with Gasteiger partial charge in [-0.3, -0.25) is 0 Å². The van der Waals surface area contributed by atoms with E-state index >= 15 is 0 Å². The Morgan fingerprint density at radius 3 is 2.67 bits per heavy atom. The number of methoxy groups -OCH3 is 1. The van der Waals surface area contributed by atoms with E-state index in [9.17, 15) is 0 Å². The molecule has 78 valence electrons. The largest absolute Gasteiger partial charge is 0.481 e. The summed E-state index contributed by atoms with van der Waals surface area (Å²) in [5.74, 6) is 0.686. The van der Waals surface area contributed by atoms with Gasteiger partial charge in [-0.05, 0) is 24.1 Å². The Labute approximate surface area is 89.1 Å². The van der Waals surface area contributed by atoms with Crippen LogP contribution < -0.4 is 10.1 Å². The van der Waals surface area contributed by atoms with Crippen LogP contribution in [0.3, 0.4) is 0 Å². The molecular formula is C12H14N2O. The van der Waals surface area contributed by atoms with E-state index < -0.39 is 0 Å². The highest BCUT2D eigenvalue weighted by Crippen LogP contribution is 2.25. The molecule has 0 aliphatic rings. The minimum absolute atomic E-state index is 0.686. The lowest BCUT2D eigenvalue weighted by molar-refractivity contribution is 0.403. The van der Waals surface area contributed by atoms with E-state index in [1.807, 2.05) is 31.4 Å². The van der Waals surface area contributed by atoms with E-state index in [4.69, 9.17) is 4.74 Å². The quantitative estimate of drug-likeness (QED) is 0.826. The number of nitrogens with zero attached hydrogens (tertiary/aromatic N) is 1. The van der Waals surface area contributed by atoms with Crippen molar-refractivity contribution < 1.29 is 4.74 Å². The van der Waals surface area contributed by atoms with Crippen LogP contribution in [-0.2, 0) is 6.54 Å². The van der Waals surface area contributed by atoms with E-state index in [0.29, 0.717) is 5.88 Å². The normalized spacial score (nSPS) is 10.5. The maximum atomic E-state index is 5.23. The minimum atomic E-state index is 0.686. The summed E-state index contributed by atoms with van der Waals surface area (Å²) in [4.78, 5) is 4.28. The van der Waals surface area contributed by atoms with Crippen LogP contribution in [-0.4, -0.2) is 19.1 Å². The lowest BCUT2D eigenvalue weighted by atomic mass is 10.1. The molecule has 1 N–H and O–H groups in total. The van der Waals surface area contributed by atoms with Gasteiger partial charge in [0.15, 0.2) is 0 Å². The fourth-order valence-electron chi connectivity index (χ4n) is 1.72. The number of aromatic nitrogens is 1. The summed E-state index contributed by atoms with van der Waals surface area (Å²) in [5.41, 5.74) is 1.19. The molecule has 0 atom stereocenters. The van der Waals surface area contributed by atoms with Gasteiger partial charge in [0.1, 0.15) is 0 Å². The number of rotatable bonds is 3. The SMILES string of the molecule is CNCc1cnc(OC)c2ccccc12. The van der Waals surface area contributed by atoms with Crippen LogP contribution in [0.25, 0.3) is 10.8 Å². The van der Waals surface area contributed by atoms with Crippen molar-refractivity contribution in [3.63, 3.8) is 0 Å². The molecule has 0 spiro atoms. The molecule has 2 rings (SSSR count). The maximum absolute atomic E-state index is 5.23. The van der Waals surface area contributed by atoms with E-state index in [1.165, 1.54) is 10.9 Å². The van der Waals surface area contributed by atoms with Gasteiger partial charge in [0.25, 0.3) is 0 Å². The van der Waals surface area contributed by atoms with Crippen molar-refractivity contribution in [2.75, 3.05) is 14.2 Å². The van der Waals surface area contributed by atoms with Crippen molar-refractivity contribution in [2.45, 2.75) is 6.54 Å². The predicted octanol–water partition coefficient (Wildman–Crippen LogP) is 1.96. The molecule has 0 aliphatic carbocycles. The first-order valence-electron chi connectivity index (χ1n) is 4.92.